The van der Waals surface area contributed by atoms with Crippen molar-refractivity contribution in [2.45, 2.75) is 38.0 Å². The van der Waals surface area contributed by atoms with Gasteiger partial charge in [-0.05, 0) is 30.4 Å². The van der Waals surface area contributed by atoms with Crippen molar-refractivity contribution in [3.05, 3.63) is 47.2 Å². The molecule has 3 heterocycles. The molecule has 1 unspecified atom stereocenters. The van der Waals surface area contributed by atoms with Crippen LogP contribution in [-0.2, 0) is 24.8 Å². The number of hydrogen-bond acceptors (Lipinski definition) is 6. The van der Waals surface area contributed by atoms with Gasteiger partial charge in [0.05, 0.1) is 6.10 Å². The maximum atomic E-state index is 12.6. The molecule has 30 heavy (non-hydrogen) atoms. The molecule has 3 N–H and O–H groups in total. The van der Waals surface area contributed by atoms with Gasteiger partial charge in [0, 0.05) is 58.5 Å². The zero-order chi connectivity index (χ0) is 20.9. The fraction of sp³-hybridized carbons (Fsp3) is 0.545. The smallest absolute Gasteiger partial charge is 0.269 e. The lowest BCUT2D eigenvalue weighted by atomic mass is 10.00. The molecule has 1 amide bonds. The summed E-state index contributed by atoms with van der Waals surface area (Å²) in [6.45, 7) is 4.01. The number of carbonyl (C=O) groups is 1. The minimum Gasteiger partial charge on any atom is -0.390 e. The zero-order valence-corrected chi connectivity index (χ0v) is 17.5. The van der Waals surface area contributed by atoms with Crippen LogP contribution in [-0.4, -0.2) is 70.7 Å². The summed E-state index contributed by atoms with van der Waals surface area (Å²) in [4.78, 5) is 14.8. The second-order valence-corrected chi connectivity index (χ2v) is 8.19. The molecule has 2 aliphatic rings. The van der Waals surface area contributed by atoms with E-state index in [4.69, 9.17) is 4.74 Å². The first kappa shape index (κ1) is 20.8. The number of benzene rings is 1. The number of β-amino-alcohol motifs (C(OH)–C–C–N with tert-alkyl or cyclic N) is 1. The van der Waals surface area contributed by atoms with E-state index >= 15 is 0 Å². The Bertz CT molecular complexity index is 862. The monoisotopic (exact) mass is 413 g/mol. The van der Waals surface area contributed by atoms with Crippen LogP contribution in [0.25, 0.3) is 0 Å². The van der Waals surface area contributed by atoms with E-state index in [0.29, 0.717) is 24.1 Å². The van der Waals surface area contributed by atoms with E-state index in [1.54, 1.807) is 17.8 Å². The molecular weight excluding hydrogens is 382 g/mol. The van der Waals surface area contributed by atoms with E-state index in [0.717, 1.165) is 45.6 Å². The van der Waals surface area contributed by atoms with Crippen LogP contribution in [0, 0.1) is 0 Å². The van der Waals surface area contributed by atoms with Crippen LogP contribution < -0.4 is 10.6 Å². The van der Waals surface area contributed by atoms with Crippen molar-refractivity contribution in [1.29, 1.82) is 0 Å². The average Bonchev–Trinajstić information content (AvgIpc) is 3.12. The first-order chi connectivity index (χ1) is 14.6. The van der Waals surface area contributed by atoms with Gasteiger partial charge in [-0.25, -0.2) is 0 Å². The zero-order valence-electron chi connectivity index (χ0n) is 17.5. The predicted molar refractivity (Wildman–Crippen MR) is 114 cm³/mol. The highest BCUT2D eigenvalue weighted by molar-refractivity contribution is 5.93. The third-order valence-electron chi connectivity index (χ3n) is 5.86. The van der Waals surface area contributed by atoms with E-state index in [9.17, 15) is 9.90 Å². The number of nitrogens with one attached hydrogen (secondary N) is 2. The molecule has 0 bridgehead atoms. The molecule has 0 aliphatic carbocycles. The van der Waals surface area contributed by atoms with E-state index in [2.05, 4.69) is 44.9 Å². The van der Waals surface area contributed by atoms with Gasteiger partial charge in [-0.15, -0.1) is 0 Å². The summed E-state index contributed by atoms with van der Waals surface area (Å²) in [5.41, 5.74) is 3.18. The maximum Gasteiger partial charge on any atom is 0.269 e. The van der Waals surface area contributed by atoms with Crippen molar-refractivity contribution >= 4 is 11.7 Å². The van der Waals surface area contributed by atoms with Gasteiger partial charge in [0.25, 0.3) is 5.91 Å². The number of anilines is 1. The molecule has 0 radical (unpaired) electrons. The standard InChI is InChI=1S/C22H31N5O3/c1-26-20(12-21(25-26)24-18-7-10-30-11-8-18)22(29)23-13-19(28)15-27-9-6-16-4-2-3-5-17(16)14-27/h2-5,12,18-19,28H,6-11,13-15H2,1H3,(H,23,29)(H,24,25). The summed E-state index contributed by atoms with van der Waals surface area (Å²) in [7, 11) is 1.76. The van der Waals surface area contributed by atoms with Gasteiger partial charge in [-0.3, -0.25) is 14.4 Å². The Balaban J connectivity index is 1.25. The van der Waals surface area contributed by atoms with Crippen LogP contribution >= 0.6 is 0 Å². The molecule has 1 aromatic carbocycles. The number of ether oxygens (including phenoxy) is 1. The molecule has 4 rings (SSSR count). The van der Waals surface area contributed by atoms with Crippen molar-refractivity contribution < 1.29 is 14.6 Å². The average molecular weight is 414 g/mol. The number of amides is 1. The molecule has 8 nitrogen and oxygen atoms in total. The molecule has 1 fully saturated rings. The number of carbonyl (C=O) groups excluding carboxylic acids is 1. The number of nitrogens with zero attached hydrogens (tertiary/aromatic N) is 3. The van der Waals surface area contributed by atoms with Crippen molar-refractivity contribution in [3.8, 4) is 0 Å². The van der Waals surface area contributed by atoms with Crippen molar-refractivity contribution in [2.75, 3.05) is 38.2 Å². The van der Waals surface area contributed by atoms with E-state index in [-0.39, 0.29) is 12.5 Å². The normalized spacial score (nSPS) is 18.6. The number of fused-ring (bicyclic) bond motifs is 1. The van der Waals surface area contributed by atoms with Crippen molar-refractivity contribution in [2.24, 2.45) is 7.05 Å². The fourth-order valence-electron chi connectivity index (χ4n) is 4.18. The van der Waals surface area contributed by atoms with Crippen molar-refractivity contribution in [3.63, 3.8) is 0 Å². The van der Waals surface area contributed by atoms with Crippen LogP contribution in [0.5, 0.6) is 0 Å². The van der Waals surface area contributed by atoms with Crippen LogP contribution in [0.4, 0.5) is 5.82 Å². The lowest BCUT2D eigenvalue weighted by Crippen LogP contribution is -2.42. The lowest BCUT2D eigenvalue weighted by Gasteiger charge is -2.30. The third-order valence-corrected chi connectivity index (χ3v) is 5.86. The van der Waals surface area contributed by atoms with Crippen LogP contribution in [0.15, 0.2) is 30.3 Å². The summed E-state index contributed by atoms with van der Waals surface area (Å²) in [5, 5.41) is 21.1. The number of aryl methyl sites for hydroxylation is 1. The first-order valence-corrected chi connectivity index (χ1v) is 10.7. The largest absolute Gasteiger partial charge is 0.390 e. The fourth-order valence-corrected chi connectivity index (χ4v) is 4.18. The Morgan fingerprint density at radius 3 is 2.87 bits per heavy atom. The van der Waals surface area contributed by atoms with Gasteiger partial charge in [-0.2, -0.15) is 5.10 Å². The second kappa shape index (κ2) is 9.59. The maximum absolute atomic E-state index is 12.6. The molecule has 162 valence electrons. The topological polar surface area (TPSA) is 91.6 Å². The predicted octanol–water partition coefficient (Wildman–Crippen LogP) is 1.16. The van der Waals surface area contributed by atoms with Crippen LogP contribution in [0.3, 0.4) is 0 Å². The molecule has 0 saturated carbocycles. The Hall–Kier alpha value is -2.42. The summed E-state index contributed by atoms with van der Waals surface area (Å²) < 4.78 is 6.95. The van der Waals surface area contributed by atoms with Gasteiger partial charge in [-0.1, -0.05) is 24.3 Å². The van der Waals surface area contributed by atoms with E-state index in [1.165, 1.54) is 11.1 Å². The molecule has 1 aromatic heterocycles. The SMILES string of the molecule is Cn1nc(NC2CCOCC2)cc1C(=O)NCC(O)CN1CCc2ccccc2C1. The molecular formula is C22H31N5O3. The van der Waals surface area contributed by atoms with Gasteiger partial charge in [0.1, 0.15) is 11.5 Å². The highest BCUT2D eigenvalue weighted by Crippen LogP contribution is 2.18. The minimum atomic E-state index is -0.618. The highest BCUT2D eigenvalue weighted by atomic mass is 16.5. The Labute approximate surface area is 177 Å². The second-order valence-electron chi connectivity index (χ2n) is 8.19. The molecule has 0 spiro atoms. The van der Waals surface area contributed by atoms with Crippen LogP contribution in [0.1, 0.15) is 34.5 Å². The summed E-state index contributed by atoms with van der Waals surface area (Å²) in [6.07, 6.45) is 2.25. The van der Waals surface area contributed by atoms with Crippen molar-refractivity contribution in [1.82, 2.24) is 20.0 Å². The molecule has 1 saturated heterocycles. The number of hydrogen-bond donors (Lipinski definition) is 3. The molecule has 2 aliphatic heterocycles. The van der Waals surface area contributed by atoms with Gasteiger partial charge < -0.3 is 20.5 Å². The molecule has 8 heteroatoms. The first-order valence-electron chi connectivity index (χ1n) is 10.7. The van der Waals surface area contributed by atoms with Crippen LogP contribution in [0.2, 0.25) is 0 Å². The number of aliphatic hydroxyl groups excluding tert-OH is 1. The van der Waals surface area contributed by atoms with Gasteiger partial charge >= 0.3 is 0 Å². The minimum absolute atomic E-state index is 0.213. The Morgan fingerprint density at radius 2 is 2.07 bits per heavy atom. The lowest BCUT2D eigenvalue weighted by molar-refractivity contribution is 0.0834. The summed E-state index contributed by atoms with van der Waals surface area (Å²) in [5.74, 6) is 0.468. The molecule has 1 atom stereocenters. The third kappa shape index (κ3) is 5.19. The Kier molecular flexibility index (Phi) is 6.66. The number of aliphatic hydroxyl groups is 1. The molecule has 2 aromatic rings. The number of aromatic nitrogens is 2. The van der Waals surface area contributed by atoms with E-state index in [1.807, 2.05) is 0 Å². The number of rotatable bonds is 7. The highest BCUT2D eigenvalue weighted by Gasteiger charge is 2.21. The van der Waals surface area contributed by atoms with Gasteiger partial charge in [0.2, 0.25) is 0 Å². The summed E-state index contributed by atoms with van der Waals surface area (Å²) >= 11 is 0. The van der Waals surface area contributed by atoms with Gasteiger partial charge in [0.15, 0.2) is 0 Å². The quantitative estimate of drug-likeness (QED) is 0.631. The summed E-state index contributed by atoms with van der Waals surface area (Å²) in [6, 6.07) is 10.5. The Morgan fingerprint density at radius 1 is 1.30 bits per heavy atom. The van der Waals surface area contributed by atoms with E-state index < -0.39 is 6.10 Å².